The van der Waals surface area contributed by atoms with Crippen LogP contribution in [0.5, 0.6) is 0 Å². The van der Waals surface area contributed by atoms with Gasteiger partial charge in [0.05, 0.1) is 17.0 Å². The number of thiophene rings is 1. The summed E-state index contributed by atoms with van der Waals surface area (Å²) in [5.74, 6) is -0.0556. The zero-order valence-corrected chi connectivity index (χ0v) is 16.5. The van der Waals surface area contributed by atoms with Gasteiger partial charge in [-0.05, 0) is 42.5 Å². The minimum atomic E-state index is -3.69. The van der Waals surface area contributed by atoms with Crippen molar-refractivity contribution in [3.63, 3.8) is 0 Å². The van der Waals surface area contributed by atoms with Crippen molar-refractivity contribution in [2.24, 2.45) is 0 Å². The number of rotatable bonds is 7. The predicted octanol–water partition coefficient (Wildman–Crippen LogP) is 3.25. The van der Waals surface area contributed by atoms with Crippen molar-refractivity contribution < 1.29 is 18.3 Å². The van der Waals surface area contributed by atoms with Gasteiger partial charge in [-0.25, -0.2) is 8.42 Å². The second kappa shape index (κ2) is 8.19. The van der Waals surface area contributed by atoms with Gasteiger partial charge in [0.15, 0.2) is 5.78 Å². The van der Waals surface area contributed by atoms with E-state index in [-0.39, 0.29) is 16.6 Å². The molecule has 1 aromatic carbocycles. The molecule has 0 aliphatic carbocycles. The van der Waals surface area contributed by atoms with Crippen LogP contribution in [-0.2, 0) is 27.8 Å². The summed E-state index contributed by atoms with van der Waals surface area (Å²) in [6.45, 7) is 0.348. The molecule has 1 N–H and O–H groups in total. The third-order valence-corrected chi connectivity index (χ3v) is 8.16. The third kappa shape index (κ3) is 4.18. The monoisotopic (exact) mass is 413 g/mol. The highest BCUT2D eigenvalue weighted by atomic mass is 35.5. The van der Waals surface area contributed by atoms with Gasteiger partial charge in [-0.3, -0.25) is 4.79 Å². The molecule has 0 unspecified atom stereocenters. The Hall–Kier alpha value is -1.25. The van der Waals surface area contributed by atoms with E-state index in [9.17, 15) is 13.2 Å². The Bertz CT molecular complexity index is 877. The molecule has 1 aliphatic heterocycles. The molecule has 0 spiro atoms. The van der Waals surface area contributed by atoms with Crippen LogP contribution >= 0.6 is 22.9 Å². The van der Waals surface area contributed by atoms with Gasteiger partial charge in [0, 0.05) is 13.0 Å². The van der Waals surface area contributed by atoms with Crippen molar-refractivity contribution in [3.8, 4) is 0 Å². The lowest BCUT2D eigenvalue weighted by Gasteiger charge is -2.22. The molecule has 5 nitrogen and oxygen atoms in total. The number of carbonyl (C=O) groups excluding carboxylic acids is 1. The first-order valence-corrected chi connectivity index (χ1v) is 11.0. The van der Waals surface area contributed by atoms with E-state index in [1.54, 1.807) is 6.07 Å². The van der Waals surface area contributed by atoms with Gasteiger partial charge in [0.25, 0.3) is 10.0 Å². The zero-order chi connectivity index (χ0) is 18.7. The number of halogens is 1. The number of ketones is 1. The molecule has 2 heterocycles. The Morgan fingerprint density at radius 2 is 1.88 bits per heavy atom. The minimum Gasteiger partial charge on any atom is -0.392 e. The van der Waals surface area contributed by atoms with Crippen LogP contribution in [0.3, 0.4) is 0 Å². The standard InChI is InChI=1S/C18H20ClNO4S2/c19-17-9-10-18(25-17)26(23,24)20-11-1-2-15(20)16(22)8-7-13-3-5-14(12-21)6-4-13/h3-6,9-10,15,21H,1-2,7-8,11-12H2/t15-/m0/s1. The second-order valence-electron chi connectivity index (χ2n) is 6.27. The van der Waals surface area contributed by atoms with Gasteiger partial charge in [-0.15, -0.1) is 11.3 Å². The maximum absolute atomic E-state index is 12.8. The number of aliphatic hydroxyl groups excluding tert-OH is 1. The summed E-state index contributed by atoms with van der Waals surface area (Å²) in [5.41, 5.74) is 1.82. The smallest absolute Gasteiger partial charge is 0.253 e. The number of Topliss-reactive ketones (excluding diaryl/α,β-unsaturated/α-hetero) is 1. The van der Waals surface area contributed by atoms with Crippen LogP contribution < -0.4 is 0 Å². The Labute approximate surface area is 162 Å². The van der Waals surface area contributed by atoms with Crippen LogP contribution in [0.15, 0.2) is 40.6 Å². The van der Waals surface area contributed by atoms with Gasteiger partial charge in [0.1, 0.15) is 4.21 Å². The fourth-order valence-electron chi connectivity index (χ4n) is 3.15. The Morgan fingerprint density at radius 1 is 1.19 bits per heavy atom. The molecule has 1 atom stereocenters. The van der Waals surface area contributed by atoms with Crippen molar-refractivity contribution in [1.29, 1.82) is 0 Å². The van der Waals surface area contributed by atoms with E-state index in [1.807, 2.05) is 24.3 Å². The largest absolute Gasteiger partial charge is 0.392 e. The average Bonchev–Trinajstić information content (AvgIpc) is 3.30. The van der Waals surface area contributed by atoms with Crippen LogP contribution in [0.1, 0.15) is 30.4 Å². The highest BCUT2D eigenvalue weighted by molar-refractivity contribution is 7.91. The molecular weight excluding hydrogens is 394 g/mol. The van der Waals surface area contributed by atoms with Gasteiger partial charge in [-0.1, -0.05) is 35.9 Å². The highest BCUT2D eigenvalue weighted by Gasteiger charge is 2.39. The number of aliphatic hydroxyl groups is 1. The van der Waals surface area contributed by atoms with Gasteiger partial charge >= 0.3 is 0 Å². The fourth-order valence-corrected chi connectivity index (χ4v) is 6.44. The summed E-state index contributed by atoms with van der Waals surface area (Å²) in [4.78, 5) is 12.7. The maximum atomic E-state index is 12.8. The molecule has 0 radical (unpaired) electrons. The number of sulfonamides is 1. The molecular formula is C18H20ClNO4S2. The van der Waals surface area contributed by atoms with E-state index < -0.39 is 16.1 Å². The molecule has 140 valence electrons. The topological polar surface area (TPSA) is 74.7 Å². The third-order valence-electron chi connectivity index (χ3n) is 4.55. The summed E-state index contributed by atoms with van der Waals surface area (Å²) in [7, 11) is -3.69. The molecule has 0 bridgehead atoms. The van der Waals surface area contributed by atoms with Crippen LogP contribution in [0.4, 0.5) is 0 Å². The molecule has 3 rings (SSSR count). The molecule has 2 aromatic rings. The summed E-state index contributed by atoms with van der Waals surface area (Å²) >= 11 is 6.88. The van der Waals surface area contributed by atoms with E-state index in [4.69, 9.17) is 16.7 Å². The number of hydrogen-bond acceptors (Lipinski definition) is 5. The molecule has 1 aromatic heterocycles. The quantitative estimate of drug-likeness (QED) is 0.756. The lowest BCUT2D eigenvalue weighted by Crippen LogP contribution is -2.40. The Morgan fingerprint density at radius 3 is 2.50 bits per heavy atom. The average molecular weight is 414 g/mol. The highest BCUT2D eigenvalue weighted by Crippen LogP contribution is 2.32. The van der Waals surface area contributed by atoms with Crippen molar-refractivity contribution in [2.45, 2.75) is 42.5 Å². The first kappa shape index (κ1) is 19.5. The molecule has 0 amide bonds. The van der Waals surface area contributed by atoms with Crippen molar-refractivity contribution in [1.82, 2.24) is 4.31 Å². The van der Waals surface area contributed by atoms with Crippen LogP contribution in [0, 0.1) is 0 Å². The first-order chi connectivity index (χ1) is 12.4. The van der Waals surface area contributed by atoms with E-state index >= 15 is 0 Å². The van der Waals surface area contributed by atoms with Gasteiger partial charge in [0.2, 0.25) is 0 Å². The van der Waals surface area contributed by atoms with Crippen LogP contribution in [-0.4, -0.2) is 36.2 Å². The maximum Gasteiger partial charge on any atom is 0.253 e. The number of nitrogens with zero attached hydrogens (tertiary/aromatic N) is 1. The van der Waals surface area contributed by atoms with Gasteiger partial charge < -0.3 is 5.11 Å². The lowest BCUT2D eigenvalue weighted by atomic mass is 10.0. The van der Waals surface area contributed by atoms with Crippen molar-refractivity contribution >= 4 is 38.7 Å². The summed E-state index contributed by atoms with van der Waals surface area (Å²) in [6, 6.07) is 9.87. The first-order valence-electron chi connectivity index (χ1n) is 8.40. The SMILES string of the molecule is O=C(CCc1ccc(CO)cc1)[C@@H]1CCCN1S(=O)(=O)c1ccc(Cl)s1. The van der Waals surface area contributed by atoms with Gasteiger partial charge in [-0.2, -0.15) is 4.31 Å². The van der Waals surface area contributed by atoms with E-state index in [0.717, 1.165) is 22.5 Å². The van der Waals surface area contributed by atoms with E-state index in [2.05, 4.69) is 0 Å². The Balaban J connectivity index is 1.68. The molecule has 1 aliphatic rings. The number of carbonyl (C=O) groups is 1. The number of aryl methyl sites for hydroxylation is 1. The summed E-state index contributed by atoms with van der Waals surface area (Å²) in [5, 5.41) is 9.07. The molecule has 0 saturated carbocycles. The number of benzene rings is 1. The molecule has 1 fully saturated rings. The fraction of sp³-hybridized carbons (Fsp3) is 0.389. The van der Waals surface area contributed by atoms with Crippen LogP contribution in [0.25, 0.3) is 0 Å². The summed E-state index contributed by atoms with van der Waals surface area (Å²) < 4.78 is 27.5. The summed E-state index contributed by atoms with van der Waals surface area (Å²) in [6.07, 6.45) is 2.08. The molecule has 1 saturated heterocycles. The van der Waals surface area contributed by atoms with E-state index in [1.165, 1.54) is 10.4 Å². The van der Waals surface area contributed by atoms with Crippen molar-refractivity contribution in [3.05, 3.63) is 51.9 Å². The molecule has 8 heteroatoms. The van der Waals surface area contributed by atoms with Crippen LogP contribution in [0.2, 0.25) is 4.34 Å². The minimum absolute atomic E-state index is 0.0131. The Kier molecular flexibility index (Phi) is 6.14. The lowest BCUT2D eigenvalue weighted by molar-refractivity contribution is -0.122. The normalized spacial score (nSPS) is 18.3. The number of hydrogen-bond donors (Lipinski definition) is 1. The zero-order valence-electron chi connectivity index (χ0n) is 14.1. The second-order valence-corrected chi connectivity index (χ2v) is 10.1. The van der Waals surface area contributed by atoms with Crippen molar-refractivity contribution in [2.75, 3.05) is 6.54 Å². The van der Waals surface area contributed by atoms with E-state index in [0.29, 0.717) is 36.6 Å². The molecule has 26 heavy (non-hydrogen) atoms. The predicted molar refractivity (Wildman–Crippen MR) is 102 cm³/mol.